The zero-order valence-corrected chi connectivity index (χ0v) is 10.9. The van der Waals surface area contributed by atoms with Gasteiger partial charge in [0.15, 0.2) is 0 Å². The summed E-state index contributed by atoms with van der Waals surface area (Å²) in [4.78, 5) is 2.54. The summed E-state index contributed by atoms with van der Waals surface area (Å²) in [7, 11) is 1.82. The zero-order valence-electron chi connectivity index (χ0n) is 9.34. The molecule has 0 spiro atoms. The van der Waals surface area contributed by atoms with Crippen LogP contribution in [0.3, 0.4) is 0 Å². The summed E-state index contributed by atoms with van der Waals surface area (Å²) >= 11 is 3.60. The molecule has 0 saturated carbocycles. The molecule has 2 atom stereocenters. The van der Waals surface area contributed by atoms with Crippen molar-refractivity contribution < 1.29 is 4.74 Å². The van der Waals surface area contributed by atoms with Gasteiger partial charge in [-0.05, 0) is 18.8 Å². The minimum atomic E-state index is 0.479. The Morgan fingerprint density at radius 2 is 2.36 bits per heavy atom. The van der Waals surface area contributed by atoms with Gasteiger partial charge in [-0.25, -0.2) is 0 Å². The van der Waals surface area contributed by atoms with E-state index < -0.39 is 0 Å². The number of nitrogens with zero attached hydrogens (tertiary/aromatic N) is 1. The summed E-state index contributed by atoms with van der Waals surface area (Å²) in [6, 6.07) is 0. The van der Waals surface area contributed by atoms with E-state index >= 15 is 0 Å². The Kier molecular flexibility index (Phi) is 6.06. The highest BCUT2D eigenvalue weighted by atomic mass is 79.9. The van der Waals surface area contributed by atoms with Gasteiger partial charge in [0.2, 0.25) is 0 Å². The first kappa shape index (κ1) is 12.5. The molecule has 84 valence electrons. The Balaban J connectivity index is 2.22. The number of methoxy groups -OCH3 is 1. The maximum Gasteiger partial charge on any atom is 0.0710 e. The van der Waals surface area contributed by atoms with E-state index in [9.17, 15) is 0 Å². The third-order valence-electron chi connectivity index (χ3n) is 2.99. The third kappa shape index (κ3) is 3.87. The molecule has 0 aliphatic carbocycles. The fraction of sp³-hybridized carbons (Fsp3) is 1.00. The van der Waals surface area contributed by atoms with Crippen LogP contribution in [-0.4, -0.2) is 43.1 Å². The molecule has 0 amide bonds. The van der Waals surface area contributed by atoms with Crippen LogP contribution in [0.4, 0.5) is 0 Å². The van der Waals surface area contributed by atoms with Crippen molar-refractivity contribution in [3.63, 3.8) is 0 Å². The molecule has 0 aromatic heterocycles. The molecule has 2 nitrogen and oxygen atoms in total. The second kappa shape index (κ2) is 6.81. The average Bonchev–Trinajstić information content (AvgIpc) is 2.65. The van der Waals surface area contributed by atoms with E-state index in [1.165, 1.54) is 32.4 Å². The minimum absolute atomic E-state index is 0.479. The second-order valence-corrected chi connectivity index (χ2v) is 4.86. The standard InChI is InChI=1S/C11H22BrNO/c1-3-4-10(7-12)8-13-6-5-11(9-13)14-2/h10-11H,3-9H2,1-2H3. The van der Waals surface area contributed by atoms with Gasteiger partial charge in [0.1, 0.15) is 0 Å². The van der Waals surface area contributed by atoms with E-state index in [-0.39, 0.29) is 0 Å². The lowest BCUT2D eigenvalue weighted by Crippen LogP contribution is -2.29. The van der Waals surface area contributed by atoms with Gasteiger partial charge >= 0.3 is 0 Å². The predicted molar refractivity (Wildman–Crippen MR) is 64.0 cm³/mol. The van der Waals surface area contributed by atoms with Gasteiger partial charge in [0, 0.05) is 32.1 Å². The maximum absolute atomic E-state index is 5.36. The molecule has 0 N–H and O–H groups in total. The largest absolute Gasteiger partial charge is 0.380 e. The van der Waals surface area contributed by atoms with E-state index in [1.807, 2.05) is 7.11 Å². The molecule has 1 aliphatic rings. The topological polar surface area (TPSA) is 12.5 Å². The molecular weight excluding hydrogens is 242 g/mol. The van der Waals surface area contributed by atoms with Gasteiger partial charge in [0.05, 0.1) is 6.10 Å². The molecule has 1 fully saturated rings. The smallest absolute Gasteiger partial charge is 0.0710 e. The highest BCUT2D eigenvalue weighted by Gasteiger charge is 2.23. The molecule has 1 saturated heterocycles. The van der Waals surface area contributed by atoms with Crippen molar-refractivity contribution in [2.45, 2.75) is 32.3 Å². The molecule has 14 heavy (non-hydrogen) atoms. The first-order valence-electron chi connectivity index (χ1n) is 5.61. The van der Waals surface area contributed by atoms with Crippen LogP contribution in [0, 0.1) is 5.92 Å². The van der Waals surface area contributed by atoms with Crippen molar-refractivity contribution in [3.8, 4) is 0 Å². The van der Waals surface area contributed by atoms with Gasteiger partial charge in [-0.3, -0.25) is 0 Å². The van der Waals surface area contributed by atoms with Crippen LogP contribution in [0.2, 0.25) is 0 Å². The quantitative estimate of drug-likeness (QED) is 0.683. The lowest BCUT2D eigenvalue weighted by Gasteiger charge is -2.21. The van der Waals surface area contributed by atoms with Gasteiger partial charge < -0.3 is 9.64 Å². The Hall–Kier alpha value is 0.400. The number of rotatable bonds is 6. The maximum atomic E-state index is 5.36. The van der Waals surface area contributed by atoms with Crippen LogP contribution in [0.25, 0.3) is 0 Å². The zero-order chi connectivity index (χ0) is 10.4. The van der Waals surface area contributed by atoms with Crippen molar-refractivity contribution in [2.75, 3.05) is 32.1 Å². The molecule has 0 aromatic carbocycles. The molecular formula is C11H22BrNO. The summed E-state index contributed by atoms with van der Waals surface area (Å²) in [6.45, 7) is 5.84. The average molecular weight is 264 g/mol. The van der Waals surface area contributed by atoms with Gasteiger partial charge in [-0.15, -0.1) is 0 Å². The van der Waals surface area contributed by atoms with Crippen molar-refractivity contribution in [3.05, 3.63) is 0 Å². The second-order valence-electron chi connectivity index (χ2n) is 4.21. The van der Waals surface area contributed by atoms with Crippen molar-refractivity contribution >= 4 is 15.9 Å². The first-order valence-corrected chi connectivity index (χ1v) is 6.73. The Bertz CT molecular complexity index is 154. The summed E-state index contributed by atoms with van der Waals surface area (Å²) in [5.41, 5.74) is 0. The van der Waals surface area contributed by atoms with Crippen LogP contribution in [0.5, 0.6) is 0 Å². The van der Waals surface area contributed by atoms with Crippen LogP contribution < -0.4 is 0 Å². The molecule has 0 aromatic rings. The Morgan fingerprint density at radius 3 is 2.86 bits per heavy atom. The van der Waals surface area contributed by atoms with Crippen LogP contribution in [0.15, 0.2) is 0 Å². The number of likely N-dealkylation sites (tertiary alicyclic amines) is 1. The molecule has 1 aliphatic heterocycles. The Labute approximate surface area is 96.1 Å². The lowest BCUT2D eigenvalue weighted by molar-refractivity contribution is 0.106. The molecule has 1 heterocycles. The number of hydrogen-bond acceptors (Lipinski definition) is 2. The number of alkyl halides is 1. The molecule has 3 heteroatoms. The van der Waals surface area contributed by atoms with Crippen molar-refractivity contribution in [2.24, 2.45) is 5.92 Å². The van der Waals surface area contributed by atoms with E-state index in [4.69, 9.17) is 4.74 Å². The van der Waals surface area contributed by atoms with Gasteiger partial charge in [-0.1, -0.05) is 29.3 Å². The van der Waals surface area contributed by atoms with E-state index in [0.29, 0.717) is 6.10 Å². The van der Waals surface area contributed by atoms with E-state index in [0.717, 1.165) is 17.8 Å². The predicted octanol–water partition coefficient (Wildman–Crippen LogP) is 2.52. The highest BCUT2D eigenvalue weighted by molar-refractivity contribution is 9.09. The van der Waals surface area contributed by atoms with Crippen molar-refractivity contribution in [1.29, 1.82) is 0 Å². The number of hydrogen-bond donors (Lipinski definition) is 0. The summed E-state index contributed by atoms with van der Waals surface area (Å²) in [5, 5.41) is 1.13. The monoisotopic (exact) mass is 263 g/mol. The SMILES string of the molecule is CCCC(CBr)CN1CCC(OC)C1. The van der Waals surface area contributed by atoms with E-state index in [1.54, 1.807) is 0 Å². The van der Waals surface area contributed by atoms with Gasteiger partial charge in [-0.2, -0.15) is 0 Å². The fourth-order valence-electron chi connectivity index (χ4n) is 2.15. The van der Waals surface area contributed by atoms with Crippen LogP contribution in [-0.2, 0) is 4.74 Å². The molecule has 0 bridgehead atoms. The summed E-state index contributed by atoms with van der Waals surface area (Å²) in [6.07, 6.45) is 4.31. The molecule has 0 radical (unpaired) electrons. The third-order valence-corrected chi connectivity index (χ3v) is 3.91. The first-order chi connectivity index (χ1) is 6.80. The normalized spacial score (nSPS) is 25.5. The highest BCUT2D eigenvalue weighted by Crippen LogP contribution is 2.17. The molecule has 2 unspecified atom stereocenters. The van der Waals surface area contributed by atoms with Crippen molar-refractivity contribution in [1.82, 2.24) is 4.90 Å². The number of ether oxygens (including phenoxy) is 1. The lowest BCUT2D eigenvalue weighted by atomic mass is 10.1. The molecule has 1 rings (SSSR count). The van der Waals surface area contributed by atoms with Gasteiger partial charge in [0.25, 0.3) is 0 Å². The summed E-state index contributed by atoms with van der Waals surface area (Å²) < 4.78 is 5.36. The summed E-state index contributed by atoms with van der Waals surface area (Å²) in [5.74, 6) is 0.815. The fourth-order valence-corrected chi connectivity index (χ4v) is 2.67. The Morgan fingerprint density at radius 1 is 1.57 bits per heavy atom. The van der Waals surface area contributed by atoms with E-state index in [2.05, 4.69) is 27.8 Å². The van der Waals surface area contributed by atoms with Crippen LogP contribution in [0.1, 0.15) is 26.2 Å². The minimum Gasteiger partial charge on any atom is -0.380 e. The number of halogens is 1. The van der Waals surface area contributed by atoms with Crippen LogP contribution >= 0.6 is 15.9 Å².